The second kappa shape index (κ2) is 21.8. The third-order valence-corrected chi connectivity index (χ3v) is 8.97. The number of rotatable bonds is 13. The number of carbonyl (C=O) groups excluding carboxylic acids is 3. The van der Waals surface area contributed by atoms with Gasteiger partial charge < -0.3 is 20.6 Å². The van der Waals surface area contributed by atoms with Crippen LogP contribution in [0.4, 0.5) is 0 Å². The Kier molecular flexibility index (Phi) is 19.5. The molecule has 1 unspecified atom stereocenters. The molecule has 0 radical (unpaired) electrons. The van der Waals surface area contributed by atoms with Gasteiger partial charge in [0.2, 0.25) is 18.2 Å². The van der Waals surface area contributed by atoms with E-state index >= 15 is 0 Å². The van der Waals surface area contributed by atoms with Gasteiger partial charge in [-0.15, -0.1) is 0 Å². The number of hydrogen-bond acceptors (Lipinski definition) is 5. The van der Waals surface area contributed by atoms with Crippen LogP contribution in [-0.4, -0.2) is 54.0 Å². The Bertz CT molecular complexity index is 1260. The fraction of sp³-hybridized carbons (Fsp3) is 0.615. The minimum absolute atomic E-state index is 0.0222. The van der Waals surface area contributed by atoms with E-state index in [0.29, 0.717) is 32.0 Å². The quantitative estimate of drug-likeness (QED) is 0.113. The number of aliphatic hydroxyl groups is 1. The minimum atomic E-state index is -0.423. The number of hydrogen-bond donors (Lipinski definition) is 3. The molecule has 2 fully saturated rings. The van der Waals surface area contributed by atoms with Gasteiger partial charge in [-0.1, -0.05) is 96.7 Å². The van der Waals surface area contributed by atoms with Crippen LogP contribution in [0.2, 0.25) is 0 Å². The Labute approximate surface area is 289 Å². The van der Waals surface area contributed by atoms with E-state index in [0.717, 1.165) is 56.4 Å². The number of thioether (sulfide) groups is 1. The third kappa shape index (κ3) is 14.7. The molecule has 1 atom stereocenters. The van der Waals surface area contributed by atoms with Gasteiger partial charge in [-0.3, -0.25) is 14.4 Å². The Morgan fingerprint density at radius 2 is 1.83 bits per heavy atom. The van der Waals surface area contributed by atoms with Crippen LogP contribution in [0.5, 0.6) is 0 Å². The molecule has 1 aliphatic heterocycles. The monoisotopic (exact) mass is 667 g/mol. The summed E-state index contributed by atoms with van der Waals surface area (Å²) in [6.07, 6.45) is 6.54. The van der Waals surface area contributed by atoms with Gasteiger partial charge >= 0.3 is 0 Å². The lowest BCUT2D eigenvalue weighted by Crippen LogP contribution is -2.42. The van der Waals surface area contributed by atoms with Gasteiger partial charge in [0.1, 0.15) is 0 Å². The number of amides is 3. The summed E-state index contributed by atoms with van der Waals surface area (Å²) in [7, 11) is 0. The number of nitrogens with zero attached hydrogens (tertiary/aromatic N) is 1. The number of unbranched alkanes of at least 4 members (excludes halogenated alkanes) is 1. The van der Waals surface area contributed by atoms with Crippen molar-refractivity contribution in [1.29, 1.82) is 0 Å². The molecule has 2 aliphatic rings. The number of likely N-dealkylation sites (tertiary alicyclic amines) is 1. The molecular weight excluding hydrogens is 607 g/mol. The van der Waals surface area contributed by atoms with Crippen LogP contribution in [0.15, 0.2) is 35.9 Å². The van der Waals surface area contributed by atoms with Crippen LogP contribution in [0.1, 0.15) is 130 Å². The number of nitrogens with one attached hydrogen (secondary N) is 2. The number of carbonyl (C=O) groups is 3. The Hall–Kier alpha value is -3.02. The summed E-state index contributed by atoms with van der Waals surface area (Å²) < 4.78 is 0. The van der Waals surface area contributed by atoms with Crippen molar-refractivity contribution in [2.24, 2.45) is 11.3 Å². The predicted octanol–water partition coefficient (Wildman–Crippen LogP) is 7.80. The molecule has 1 saturated carbocycles. The van der Waals surface area contributed by atoms with Crippen molar-refractivity contribution in [3.63, 3.8) is 0 Å². The zero-order valence-corrected chi connectivity index (χ0v) is 31.4. The zero-order valence-electron chi connectivity index (χ0n) is 30.6. The van der Waals surface area contributed by atoms with Crippen molar-refractivity contribution in [2.45, 2.75) is 126 Å². The van der Waals surface area contributed by atoms with Crippen molar-refractivity contribution >= 4 is 34.9 Å². The van der Waals surface area contributed by atoms with Crippen molar-refractivity contribution in [2.75, 3.05) is 19.6 Å². The van der Waals surface area contributed by atoms with Crippen LogP contribution in [-0.2, 0) is 20.9 Å². The van der Waals surface area contributed by atoms with Crippen molar-refractivity contribution < 1.29 is 19.5 Å². The smallest absolute Gasteiger partial charge is 0.242 e. The van der Waals surface area contributed by atoms with Gasteiger partial charge in [-0.05, 0) is 91.5 Å². The highest BCUT2D eigenvalue weighted by atomic mass is 32.2. The molecule has 1 aliphatic carbocycles. The lowest BCUT2D eigenvalue weighted by molar-refractivity contribution is -0.133. The first-order chi connectivity index (χ1) is 22.2. The van der Waals surface area contributed by atoms with E-state index in [-0.39, 0.29) is 18.4 Å². The highest BCUT2D eigenvalue weighted by Gasteiger charge is 2.51. The summed E-state index contributed by atoms with van der Waals surface area (Å²) in [4.78, 5) is 37.6. The average molecular weight is 668 g/mol. The molecule has 3 amide bonds. The van der Waals surface area contributed by atoms with E-state index in [4.69, 9.17) is 0 Å². The maximum atomic E-state index is 12.3. The largest absolute Gasteiger partial charge is 0.391 e. The molecule has 8 heteroatoms. The molecule has 1 heterocycles. The van der Waals surface area contributed by atoms with Crippen LogP contribution < -0.4 is 10.6 Å². The normalized spacial score (nSPS) is 15.7. The van der Waals surface area contributed by atoms with Gasteiger partial charge in [0.25, 0.3) is 0 Å². The van der Waals surface area contributed by atoms with E-state index in [1.54, 1.807) is 16.7 Å². The standard InChI is InChI=1S/C19H25NOS.C16H26N2O3.C4H10/c1-6-7-10-22-19(15(4)5)16-8-9-17(12-20-13-21)18(11-16)14(2)3;1-3-4-5-12(2)16(7-8-16)15(21)17-10-14(20)18-9-6-13(19)11-18;1-4(2)3/h8-9,11,13-14H,6,12H2,1-5H3,(H,20,21);13,19H,2-11H2,1H3,(H,17,21);4H,1-3H3. The van der Waals surface area contributed by atoms with Gasteiger partial charge in [-0.25, -0.2) is 0 Å². The predicted molar refractivity (Wildman–Crippen MR) is 198 cm³/mol. The SMILES string of the molecule is C=C(CCCC)C1(C(=O)NCC(=O)N2CCC(O)C2)CC1.CC(C)C.CCC#CSC(=C(C)C)c1ccc(CNC=O)c(C(C)C)c1. The van der Waals surface area contributed by atoms with E-state index in [1.807, 2.05) is 0 Å². The van der Waals surface area contributed by atoms with E-state index in [1.165, 1.54) is 27.2 Å². The molecule has 0 spiro atoms. The molecule has 3 N–H and O–H groups in total. The van der Waals surface area contributed by atoms with Crippen LogP contribution in [0, 0.1) is 22.5 Å². The number of allylic oxidation sites excluding steroid dienone is 1. The molecule has 0 bridgehead atoms. The number of β-amino-alcohol motifs (C(OH)–C–C–N with tert-alkyl or cyclic N) is 1. The highest BCUT2D eigenvalue weighted by Crippen LogP contribution is 2.52. The second-order valence-corrected chi connectivity index (χ2v) is 14.4. The molecule has 1 saturated heterocycles. The molecule has 0 aromatic heterocycles. The summed E-state index contributed by atoms with van der Waals surface area (Å²) >= 11 is 1.60. The van der Waals surface area contributed by atoms with Crippen LogP contribution in [0.25, 0.3) is 4.91 Å². The second-order valence-electron chi connectivity index (χ2n) is 13.6. The Morgan fingerprint density at radius 1 is 1.17 bits per heavy atom. The van der Waals surface area contributed by atoms with Crippen molar-refractivity contribution in [1.82, 2.24) is 15.5 Å². The summed E-state index contributed by atoms with van der Waals surface area (Å²) in [5.74, 6) is 4.18. The molecule has 1 aromatic carbocycles. The molecule has 7 nitrogen and oxygen atoms in total. The summed E-state index contributed by atoms with van der Waals surface area (Å²) in [6.45, 7) is 24.9. The maximum Gasteiger partial charge on any atom is 0.242 e. The molecule has 262 valence electrons. The molecular formula is C39H61N3O4S. The lowest BCUT2D eigenvalue weighted by atomic mass is 9.92. The van der Waals surface area contributed by atoms with Crippen molar-refractivity contribution in [3.05, 3.63) is 52.6 Å². The van der Waals surface area contributed by atoms with Crippen LogP contribution in [0.3, 0.4) is 0 Å². The van der Waals surface area contributed by atoms with E-state index in [2.05, 4.69) is 109 Å². The van der Waals surface area contributed by atoms with Gasteiger partial charge in [0.15, 0.2) is 0 Å². The molecule has 3 rings (SSSR count). The maximum absolute atomic E-state index is 12.3. The summed E-state index contributed by atoms with van der Waals surface area (Å²) in [6, 6.07) is 6.46. The first kappa shape index (κ1) is 42.0. The van der Waals surface area contributed by atoms with E-state index < -0.39 is 11.5 Å². The number of benzene rings is 1. The lowest BCUT2D eigenvalue weighted by Gasteiger charge is -2.20. The molecule has 1 aromatic rings. The third-order valence-electron chi connectivity index (χ3n) is 7.87. The number of aliphatic hydroxyl groups excluding tert-OH is 1. The Balaban J connectivity index is 0.000000422. The Morgan fingerprint density at radius 3 is 2.32 bits per heavy atom. The first-order valence-corrected chi connectivity index (χ1v) is 18.1. The summed E-state index contributed by atoms with van der Waals surface area (Å²) in [5, 5.41) is 18.1. The summed E-state index contributed by atoms with van der Waals surface area (Å²) in [5.41, 5.74) is 5.50. The first-order valence-electron chi connectivity index (χ1n) is 17.3. The average Bonchev–Trinajstić information content (AvgIpc) is 3.73. The fourth-order valence-electron chi connectivity index (χ4n) is 5.10. The van der Waals surface area contributed by atoms with E-state index in [9.17, 15) is 19.5 Å². The van der Waals surface area contributed by atoms with Gasteiger partial charge in [-0.2, -0.15) is 0 Å². The molecule has 47 heavy (non-hydrogen) atoms. The van der Waals surface area contributed by atoms with Gasteiger partial charge in [0.05, 0.1) is 18.1 Å². The van der Waals surface area contributed by atoms with Crippen LogP contribution >= 0.6 is 11.8 Å². The van der Waals surface area contributed by atoms with Gasteiger partial charge in [0, 0.05) is 31.0 Å². The topological polar surface area (TPSA) is 98.7 Å². The van der Waals surface area contributed by atoms with Crippen molar-refractivity contribution in [3.8, 4) is 11.2 Å². The zero-order chi connectivity index (χ0) is 35.6. The fourth-order valence-corrected chi connectivity index (χ4v) is 5.86. The minimum Gasteiger partial charge on any atom is -0.391 e. The highest BCUT2D eigenvalue weighted by molar-refractivity contribution is 8.12.